The Labute approximate surface area is 125 Å². The average molecular weight is 312 g/mol. The molecule has 106 valence electrons. The summed E-state index contributed by atoms with van der Waals surface area (Å²) in [7, 11) is 0. The molecule has 0 bridgehead atoms. The fourth-order valence-electron chi connectivity index (χ4n) is 1.49. The smallest absolute Gasteiger partial charge is 0.237 e. The minimum atomic E-state index is -0.361. The number of thioether (sulfide) groups is 1. The third kappa shape index (κ3) is 3.43. The van der Waals surface area contributed by atoms with Gasteiger partial charge in [0.05, 0.1) is 5.25 Å². The zero-order valence-corrected chi connectivity index (χ0v) is 12.6. The predicted molar refractivity (Wildman–Crippen MR) is 80.3 cm³/mol. The zero-order chi connectivity index (χ0) is 14.7. The van der Waals surface area contributed by atoms with E-state index in [9.17, 15) is 4.79 Å². The Kier molecular flexibility index (Phi) is 4.51. The number of anilines is 1. The maximum atomic E-state index is 12.1. The van der Waals surface area contributed by atoms with Gasteiger partial charge in [-0.3, -0.25) is 4.79 Å². The van der Waals surface area contributed by atoms with E-state index in [1.54, 1.807) is 19.1 Å². The molecule has 1 aromatic carbocycles. The molecule has 0 saturated heterocycles. The van der Waals surface area contributed by atoms with E-state index in [-0.39, 0.29) is 11.2 Å². The lowest BCUT2D eigenvalue weighted by Gasteiger charge is -2.13. The standard InChI is InChI=1S/C12H14ClN5OS/c1-7-3-4-9(13)5-10(7)16-11(19)8(2)20-12-17-15-6-18(12)14/h3-6,8H,14H2,1-2H3,(H,16,19)/t8-/m1/s1. The molecule has 20 heavy (non-hydrogen) atoms. The molecule has 3 N–H and O–H groups in total. The van der Waals surface area contributed by atoms with E-state index in [2.05, 4.69) is 15.5 Å². The molecule has 0 saturated carbocycles. The summed E-state index contributed by atoms with van der Waals surface area (Å²) in [5, 5.41) is 11.0. The lowest BCUT2D eigenvalue weighted by Crippen LogP contribution is -2.23. The van der Waals surface area contributed by atoms with Crippen LogP contribution in [0.15, 0.2) is 29.7 Å². The van der Waals surface area contributed by atoms with Crippen LogP contribution >= 0.6 is 23.4 Å². The topological polar surface area (TPSA) is 85.8 Å². The van der Waals surface area contributed by atoms with Crippen molar-refractivity contribution in [1.82, 2.24) is 14.9 Å². The van der Waals surface area contributed by atoms with E-state index < -0.39 is 0 Å². The van der Waals surface area contributed by atoms with Crippen LogP contribution in [0.25, 0.3) is 0 Å². The molecule has 0 unspecified atom stereocenters. The van der Waals surface area contributed by atoms with Gasteiger partial charge in [-0.2, -0.15) is 0 Å². The molecule has 0 radical (unpaired) electrons. The van der Waals surface area contributed by atoms with E-state index in [1.807, 2.05) is 13.0 Å². The van der Waals surface area contributed by atoms with Crippen molar-refractivity contribution in [3.8, 4) is 0 Å². The number of aryl methyl sites for hydroxylation is 1. The van der Waals surface area contributed by atoms with Gasteiger partial charge in [0.2, 0.25) is 11.1 Å². The van der Waals surface area contributed by atoms with Crippen LogP contribution in [0.2, 0.25) is 5.02 Å². The lowest BCUT2D eigenvalue weighted by atomic mass is 10.2. The minimum absolute atomic E-state index is 0.150. The Morgan fingerprint density at radius 2 is 2.30 bits per heavy atom. The highest BCUT2D eigenvalue weighted by Gasteiger charge is 2.18. The Balaban J connectivity index is 2.04. The molecule has 6 nitrogen and oxygen atoms in total. The Morgan fingerprint density at radius 3 is 2.95 bits per heavy atom. The molecule has 8 heteroatoms. The Bertz CT molecular complexity index is 630. The first-order valence-corrected chi connectivity index (χ1v) is 7.12. The highest BCUT2D eigenvalue weighted by Crippen LogP contribution is 2.23. The van der Waals surface area contributed by atoms with Crippen LogP contribution in [0.4, 0.5) is 5.69 Å². The minimum Gasteiger partial charge on any atom is -0.336 e. The van der Waals surface area contributed by atoms with Crippen LogP contribution in [-0.4, -0.2) is 26.0 Å². The van der Waals surface area contributed by atoms with Crippen molar-refractivity contribution in [3.05, 3.63) is 35.1 Å². The second-order valence-corrected chi connectivity index (χ2v) is 5.97. The predicted octanol–water partition coefficient (Wildman–Crippen LogP) is 2.07. The Morgan fingerprint density at radius 1 is 1.55 bits per heavy atom. The molecule has 1 aromatic heterocycles. The van der Waals surface area contributed by atoms with E-state index in [0.29, 0.717) is 15.9 Å². The first kappa shape index (κ1) is 14.7. The van der Waals surface area contributed by atoms with E-state index >= 15 is 0 Å². The van der Waals surface area contributed by atoms with Crippen LogP contribution in [0.5, 0.6) is 0 Å². The fraction of sp³-hybridized carbons (Fsp3) is 0.250. The summed E-state index contributed by atoms with van der Waals surface area (Å²) in [5.41, 5.74) is 1.64. The van der Waals surface area contributed by atoms with Crippen LogP contribution < -0.4 is 11.2 Å². The summed E-state index contributed by atoms with van der Waals surface area (Å²) in [5.74, 6) is 5.46. The van der Waals surface area contributed by atoms with Crippen LogP contribution in [0.3, 0.4) is 0 Å². The van der Waals surface area contributed by atoms with Crippen molar-refractivity contribution in [2.45, 2.75) is 24.3 Å². The number of rotatable bonds is 4. The number of nitrogens with zero attached hydrogens (tertiary/aromatic N) is 3. The quantitative estimate of drug-likeness (QED) is 0.667. The molecule has 0 fully saturated rings. The maximum Gasteiger partial charge on any atom is 0.237 e. The zero-order valence-electron chi connectivity index (χ0n) is 11.0. The van der Waals surface area contributed by atoms with Gasteiger partial charge in [-0.05, 0) is 31.5 Å². The summed E-state index contributed by atoms with van der Waals surface area (Å²) in [6.07, 6.45) is 1.38. The monoisotopic (exact) mass is 311 g/mol. The molecule has 0 spiro atoms. The van der Waals surface area contributed by atoms with Gasteiger partial charge in [-0.25, -0.2) is 4.68 Å². The molecular weight excluding hydrogens is 298 g/mol. The molecule has 0 aliphatic heterocycles. The summed E-state index contributed by atoms with van der Waals surface area (Å²) in [6.45, 7) is 3.68. The van der Waals surface area contributed by atoms with Gasteiger partial charge in [0, 0.05) is 10.7 Å². The number of aromatic nitrogens is 3. The summed E-state index contributed by atoms with van der Waals surface area (Å²) in [4.78, 5) is 12.1. The number of amides is 1. The fourth-order valence-corrected chi connectivity index (χ4v) is 2.41. The largest absolute Gasteiger partial charge is 0.336 e. The SMILES string of the molecule is Cc1ccc(Cl)cc1NC(=O)[C@@H](C)Sc1nncn1N. The first-order chi connectivity index (χ1) is 9.47. The summed E-state index contributed by atoms with van der Waals surface area (Å²) in [6, 6.07) is 5.35. The van der Waals surface area contributed by atoms with Crippen molar-refractivity contribution in [3.63, 3.8) is 0 Å². The number of nitrogen functional groups attached to an aromatic ring is 1. The second kappa shape index (κ2) is 6.15. The van der Waals surface area contributed by atoms with Crippen molar-refractivity contribution < 1.29 is 4.79 Å². The lowest BCUT2D eigenvalue weighted by molar-refractivity contribution is -0.115. The van der Waals surface area contributed by atoms with Crippen LogP contribution in [-0.2, 0) is 4.79 Å². The number of carbonyl (C=O) groups is 1. The van der Waals surface area contributed by atoms with Crippen LogP contribution in [0, 0.1) is 6.92 Å². The van der Waals surface area contributed by atoms with Gasteiger partial charge in [-0.15, -0.1) is 10.2 Å². The third-order valence-electron chi connectivity index (χ3n) is 2.65. The highest BCUT2D eigenvalue weighted by atomic mass is 35.5. The van der Waals surface area contributed by atoms with Gasteiger partial charge >= 0.3 is 0 Å². The number of nitrogens with one attached hydrogen (secondary N) is 1. The van der Waals surface area contributed by atoms with Crippen molar-refractivity contribution in [2.24, 2.45) is 0 Å². The van der Waals surface area contributed by atoms with Crippen molar-refractivity contribution in [1.29, 1.82) is 0 Å². The second-order valence-electron chi connectivity index (χ2n) is 4.23. The number of carbonyl (C=O) groups excluding carboxylic acids is 1. The van der Waals surface area contributed by atoms with Crippen molar-refractivity contribution in [2.75, 3.05) is 11.2 Å². The molecular formula is C12H14ClN5OS. The molecule has 1 amide bonds. The van der Waals surface area contributed by atoms with Gasteiger partial charge in [0.15, 0.2) is 0 Å². The molecule has 2 rings (SSSR count). The van der Waals surface area contributed by atoms with Gasteiger partial charge in [0.1, 0.15) is 6.33 Å². The highest BCUT2D eigenvalue weighted by molar-refractivity contribution is 8.00. The van der Waals surface area contributed by atoms with Gasteiger partial charge in [0.25, 0.3) is 0 Å². The maximum absolute atomic E-state index is 12.1. The summed E-state index contributed by atoms with van der Waals surface area (Å²) < 4.78 is 1.28. The number of hydrogen-bond acceptors (Lipinski definition) is 5. The average Bonchev–Trinajstić information content (AvgIpc) is 2.79. The third-order valence-corrected chi connectivity index (χ3v) is 3.96. The Hall–Kier alpha value is -1.73. The molecule has 1 heterocycles. The van der Waals surface area contributed by atoms with Crippen molar-refractivity contribution >= 4 is 35.0 Å². The van der Waals surface area contributed by atoms with E-state index in [4.69, 9.17) is 17.4 Å². The molecule has 0 aliphatic carbocycles. The van der Waals surface area contributed by atoms with Gasteiger partial charge in [-0.1, -0.05) is 29.4 Å². The number of hydrogen-bond donors (Lipinski definition) is 2. The molecule has 0 aliphatic rings. The molecule has 2 aromatic rings. The van der Waals surface area contributed by atoms with Gasteiger partial charge < -0.3 is 11.2 Å². The summed E-state index contributed by atoms with van der Waals surface area (Å²) >= 11 is 7.15. The van der Waals surface area contributed by atoms with E-state index in [0.717, 1.165) is 5.56 Å². The number of nitrogens with two attached hydrogens (primary N) is 1. The first-order valence-electron chi connectivity index (χ1n) is 5.86. The number of benzene rings is 1. The number of halogens is 1. The normalized spacial score (nSPS) is 12.2. The van der Waals surface area contributed by atoms with E-state index in [1.165, 1.54) is 22.8 Å². The molecule has 1 atom stereocenters. The van der Waals surface area contributed by atoms with Crippen LogP contribution in [0.1, 0.15) is 12.5 Å².